The third kappa shape index (κ3) is 4.81. The summed E-state index contributed by atoms with van der Waals surface area (Å²) in [7, 11) is 1.62. The van der Waals surface area contributed by atoms with Crippen molar-refractivity contribution in [3.05, 3.63) is 96.0 Å². The molecule has 42 heavy (non-hydrogen) atoms. The smallest absolute Gasteiger partial charge is 0.244 e. The van der Waals surface area contributed by atoms with Gasteiger partial charge in [-0.25, -0.2) is 14.5 Å². The number of methoxy groups -OCH3 is 1. The van der Waals surface area contributed by atoms with Crippen LogP contribution in [0.4, 0.5) is 10.2 Å². The molecule has 5 aromatic rings. The van der Waals surface area contributed by atoms with E-state index >= 15 is 0 Å². The number of hydrogen-bond donors (Lipinski definition) is 0. The van der Waals surface area contributed by atoms with Crippen molar-refractivity contribution in [2.45, 2.75) is 31.7 Å². The number of aldehydes is 1. The Morgan fingerprint density at radius 2 is 1.83 bits per heavy atom. The number of nitrogens with zero attached hydrogens (tertiary/aromatic N) is 7. The zero-order chi connectivity index (χ0) is 28.6. The molecule has 2 unspecified atom stereocenters. The van der Waals surface area contributed by atoms with Gasteiger partial charge in [-0.1, -0.05) is 36.4 Å². The van der Waals surface area contributed by atoms with Gasteiger partial charge in [0.1, 0.15) is 18.2 Å². The molecule has 2 atom stereocenters. The third-order valence-electron chi connectivity index (χ3n) is 8.01. The van der Waals surface area contributed by atoms with E-state index in [1.54, 1.807) is 31.8 Å². The minimum Gasteiger partial charge on any atom is -0.487 e. The van der Waals surface area contributed by atoms with E-state index in [9.17, 15) is 9.18 Å². The Balaban J connectivity index is 1.10. The number of benzene rings is 1. The van der Waals surface area contributed by atoms with Crippen LogP contribution < -0.4 is 14.4 Å². The van der Waals surface area contributed by atoms with Gasteiger partial charge in [0.05, 0.1) is 42.5 Å². The number of fused-ring (bicyclic) bond motifs is 3. The Morgan fingerprint density at radius 3 is 2.52 bits per heavy atom. The summed E-state index contributed by atoms with van der Waals surface area (Å²) in [6.07, 6.45) is 8.45. The molecule has 10 nitrogen and oxygen atoms in total. The third-order valence-corrected chi connectivity index (χ3v) is 8.01. The van der Waals surface area contributed by atoms with Crippen molar-refractivity contribution in [2.24, 2.45) is 0 Å². The van der Waals surface area contributed by atoms with E-state index in [-0.39, 0.29) is 5.56 Å². The van der Waals surface area contributed by atoms with E-state index in [1.165, 1.54) is 4.52 Å². The molecule has 3 aliphatic heterocycles. The lowest BCUT2D eigenvalue weighted by Crippen LogP contribution is -2.68. The summed E-state index contributed by atoms with van der Waals surface area (Å²) in [6.45, 7) is 2.88. The molecule has 2 bridgehead atoms. The second kappa shape index (κ2) is 10.8. The molecule has 0 spiro atoms. The number of aromatic nitrogens is 5. The number of rotatable bonds is 9. The fourth-order valence-corrected chi connectivity index (χ4v) is 5.86. The van der Waals surface area contributed by atoms with Gasteiger partial charge < -0.3 is 14.4 Å². The van der Waals surface area contributed by atoms with E-state index < -0.39 is 5.95 Å². The monoisotopic (exact) mass is 565 g/mol. The minimum absolute atomic E-state index is 0.131. The maximum Gasteiger partial charge on any atom is 0.244 e. The highest BCUT2D eigenvalue weighted by atomic mass is 19.1. The largest absolute Gasteiger partial charge is 0.487 e. The normalized spacial score (nSPS) is 18.1. The molecule has 4 aromatic heterocycles. The topological polar surface area (TPSA) is 98.0 Å². The number of halogens is 1. The van der Waals surface area contributed by atoms with E-state index in [1.807, 2.05) is 42.6 Å². The minimum atomic E-state index is -0.849. The van der Waals surface area contributed by atoms with E-state index in [4.69, 9.17) is 14.5 Å². The SMILES string of the molecule is COc1ccc(CN2C3CC2CN(c2cnc(-c4cc(OCc5ccccc5)cn5nc(F)c(C=O)c45)cn2)C3)cn1. The molecule has 8 rings (SSSR count). The molecular weight excluding hydrogens is 537 g/mol. The molecule has 1 aromatic carbocycles. The molecule has 212 valence electrons. The van der Waals surface area contributed by atoms with Crippen molar-refractivity contribution >= 4 is 17.6 Å². The Bertz CT molecular complexity index is 1720. The van der Waals surface area contributed by atoms with Crippen molar-refractivity contribution in [3.8, 4) is 22.9 Å². The summed E-state index contributed by atoms with van der Waals surface area (Å²) in [5, 5.41) is 3.90. The molecule has 0 radical (unpaired) electrons. The maximum atomic E-state index is 14.6. The number of hydrogen-bond acceptors (Lipinski definition) is 9. The van der Waals surface area contributed by atoms with Crippen LogP contribution in [0.5, 0.6) is 11.6 Å². The first-order chi connectivity index (χ1) is 20.6. The summed E-state index contributed by atoms with van der Waals surface area (Å²) >= 11 is 0. The lowest BCUT2D eigenvalue weighted by Gasteiger charge is -2.56. The molecule has 0 amide bonds. The van der Waals surface area contributed by atoms with Crippen molar-refractivity contribution in [2.75, 3.05) is 25.1 Å². The fourth-order valence-electron chi connectivity index (χ4n) is 5.86. The molecule has 3 fully saturated rings. The zero-order valence-electron chi connectivity index (χ0n) is 22.9. The number of pyridine rings is 2. The highest BCUT2D eigenvalue weighted by Crippen LogP contribution is 2.36. The number of anilines is 1. The van der Waals surface area contributed by atoms with Gasteiger partial charge in [0.2, 0.25) is 11.8 Å². The molecule has 0 aliphatic carbocycles. The lowest BCUT2D eigenvalue weighted by molar-refractivity contribution is -0.00879. The van der Waals surface area contributed by atoms with Crippen LogP contribution in [0.25, 0.3) is 16.8 Å². The first-order valence-electron chi connectivity index (χ1n) is 13.8. The van der Waals surface area contributed by atoms with Crippen LogP contribution in [0.15, 0.2) is 73.3 Å². The predicted molar refractivity (Wildman–Crippen MR) is 153 cm³/mol. The average molecular weight is 566 g/mol. The Kier molecular flexibility index (Phi) is 6.71. The molecular formula is C31H28FN7O3. The van der Waals surface area contributed by atoms with Crippen LogP contribution in [0.3, 0.4) is 0 Å². The Labute approximate surface area is 241 Å². The number of ether oxygens (including phenoxy) is 2. The van der Waals surface area contributed by atoms with E-state index in [0.29, 0.717) is 53.4 Å². The second-order valence-corrected chi connectivity index (χ2v) is 10.6. The van der Waals surface area contributed by atoms with Crippen molar-refractivity contribution in [1.29, 1.82) is 0 Å². The molecule has 0 N–H and O–H groups in total. The Hall–Kier alpha value is -4.90. The van der Waals surface area contributed by atoms with Crippen LogP contribution in [0.2, 0.25) is 0 Å². The van der Waals surface area contributed by atoms with Gasteiger partial charge in [-0.15, -0.1) is 5.10 Å². The molecule has 3 saturated heterocycles. The molecule has 11 heteroatoms. The van der Waals surface area contributed by atoms with Gasteiger partial charge in [-0.2, -0.15) is 4.39 Å². The predicted octanol–water partition coefficient (Wildman–Crippen LogP) is 4.19. The maximum absolute atomic E-state index is 14.6. The van der Waals surface area contributed by atoms with Gasteiger partial charge in [0.15, 0.2) is 6.29 Å². The molecule has 3 aliphatic rings. The highest BCUT2D eigenvalue weighted by molar-refractivity contribution is 5.94. The van der Waals surface area contributed by atoms with Gasteiger partial charge >= 0.3 is 0 Å². The van der Waals surface area contributed by atoms with Gasteiger partial charge in [0.25, 0.3) is 0 Å². The van der Waals surface area contributed by atoms with Crippen molar-refractivity contribution < 1.29 is 18.7 Å². The number of carbonyl (C=O) groups is 1. The van der Waals surface area contributed by atoms with E-state index in [0.717, 1.165) is 43.0 Å². The number of piperidine rings is 1. The summed E-state index contributed by atoms with van der Waals surface area (Å²) in [6, 6.07) is 16.3. The number of piperazine rings is 1. The first-order valence-corrected chi connectivity index (χ1v) is 13.8. The van der Waals surface area contributed by atoms with Gasteiger partial charge in [0, 0.05) is 49.5 Å². The first kappa shape index (κ1) is 26.0. The van der Waals surface area contributed by atoms with Crippen LogP contribution in [-0.4, -0.2) is 68.0 Å². The lowest BCUT2D eigenvalue weighted by atomic mass is 9.87. The summed E-state index contributed by atoms with van der Waals surface area (Å²) in [4.78, 5) is 30.3. The summed E-state index contributed by atoms with van der Waals surface area (Å²) in [5.41, 5.74) is 3.34. The average Bonchev–Trinajstić information content (AvgIpc) is 3.37. The molecule has 7 heterocycles. The highest BCUT2D eigenvalue weighted by Gasteiger charge is 2.44. The Morgan fingerprint density at radius 1 is 1.00 bits per heavy atom. The number of carbonyl (C=O) groups excluding carboxylic acids is 1. The van der Waals surface area contributed by atoms with Crippen LogP contribution in [0.1, 0.15) is 27.9 Å². The molecule has 0 saturated carbocycles. The van der Waals surface area contributed by atoms with Crippen molar-refractivity contribution in [1.82, 2.24) is 29.5 Å². The van der Waals surface area contributed by atoms with E-state index in [2.05, 4.69) is 30.9 Å². The second-order valence-electron chi connectivity index (χ2n) is 10.6. The fraction of sp³-hybridized carbons (Fsp3) is 0.258. The van der Waals surface area contributed by atoms with Crippen LogP contribution >= 0.6 is 0 Å². The van der Waals surface area contributed by atoms with Crippen LogP contribution in [-0.2, 0) is 13.2 Å². The summed E-state index contributed by atoms with van der Waals surface area (Å²) in [5.74, 6) is 1.01. The van der Waals surface area contributed by atoms with Crippen molar-refractivity contribution in [3.63, 3.8) is 0 Å². The quantitative estimate of drug-likeness (QED) is 0.244. The zero-order valence-corrected chi connectivity index (χ0v) is 22.9. The standard InChI is InChI=1S/C31H28FN7O3/c1-41-29-8-7-21(11-35-29)14-38-22-9-23(38)16-37(15-22)28-13-33-27(12-34-28)25-10-24(42-19-20-5-3-2-4-6-20)17-39-30(25)26(18-40)31(32)36-39/h2-8,10-13,17-18,22-23H,9,14-16,19H2,1H3. The van der Waals surface area contributed by atoms with Gasteiger partial charge in [-0.05, 0) is 23.6 Å². The summed E-state index contributed by atoms with van der Waals surface area (Å²) < 4.78 is 27.1. The van der Waals surface area contributed by atoms with Gasteiger partial charge in [-0.3, -0.25) is 14.7 Å². The van der Waals surface area contributed by atoms with Crippen LogP contribution in [0, 0.1) is 5.95 Å².